The molecule has 0 spiro atoms. The normalized spacial score (nSPS) is 12.7. The van der Waals surface area contributed by atoms with E-state index in [-0.39, 0.29) is 18.4 Å². The number of hydrogen-bond acceptors (Lipinski definition) is 4. The van der Waals surface area contributed by atoms with Crippen LogP contribution in [0.1, 0.15) is 21.7 Å². The minimum absolute atomic E-state index is 0.0987. The van der Waals surface area contributed by atoms with Crippen molar-refractivity contribution in [1.82, 2.24) is 4.90 Å². The molecule has 0 saturated heterocycles. The number of rotatable bonds is 6. The number of hydrogen-bond donors (Lipinski definition) is 1. The second kappa shape index (κ2) is 9.85. The number of fused-ring (bicyclic) bond motifs is 1. The van der Waals surface area contributed by atoms with Crippen LogP contribution in [-0.2, 0) is 17.8 Å². The molecular weight excluding hydrogens is 447 g/mol. The number of halogens is 1. The number of carbonyl (C=O) groups is 2. The SMILES string of the molecule is O=C(COc1ccccc1)Nc1cccc(-c2cc3c(o2)CCN(C(=O)c2cccc(F)c2)C3)c1. The lowest BCUT2D eigenvalue weighted by Crippen LogP contribution is -2.35. The molecule has 0 fully saturated rings. The van der Waals surface area contributed by atoms with Gasteiger partial charge in [0, 0.05) is 41.9 Å². The number of amides is 2. The van der Waals surface area contributed by atoms with Crippen LogP contribution in [0.25, 0.3) is 11.3 Å². The highest BCUT2D eigenvalue weighted by atomic mass is 19.1. The molecule has 1 N–H and O–H groups in total. The summed E-state index contributed by atoms with van der Waals surface area (Å²) in [6, 6.07) is 24.2. The van der Waals surface area contributed by atoms with E-state index in [4.69, 9.17) is 9.15 Å². The summed E-state index contributed by atoms with van der Waals surface area (Å²) in [7, 11) is 0. The maximum absolute atomic E-state index is 13.5. The second-order valence-corrected chi connectivity index (χ2v) is 8.28. The summed E-state index contributed by atoms with van der Waals surface area (Å²) in [6.45, 7) is 0.784. The van der Waals surface area contributed by atoms with Gasteiger partial charge in [-0.3, -0.25) is 9.59 Å². The average Bonchev–Trinajstić information content (AvgIpc) is 3.31. The van der Waals surface area contributed by atoms with E-state index in [2.05, 4.69) is 5.32 Å². The van der Waals surface area contributed by atoms with Crippen LogP contribution in [-0.4, -0.2) is 29.9 Å². The number of benzene rings is 3. The highest BCUT2D eigenvalue weighted by Crippen LogP contribution is 2.31. The predicted octanol–water partition coefficient (Wildman–Crippen LogP) is 5.30. The van der Waals surface area contributed by atoms with Gasteiger partial charge in [0.1, 0.15) is 23.1 Å². The number of nitrogens with one attached hydrogen (secondary N) is 1. The van der Waals surface area contributed by atoms with E-state index in [9.17, 15) is 14.0 Å². The molecule has 0 atom stereocenters. The van der Waals surface area contributed by atoms with Crippen molar-refractivity contribution < 1.29 is 23.1 Å². The van der Waals surface area contributed by atoms with Crippen LogP contribution in [0.3, 0.4) is 0 Å². The van der Waals surface area contributed by atoms with E-state index < -0.39 is 5.82 Å². The molecule has 0 aliphatic carbocycles. The summed E-state index contributed by atoms with van der Waals surface area (Å²) in [5, 5.41) is 2.84. The second-order valence-electron chi connectivity index (χ2n) is 8.28. The fourth-order valence-electron chi connectivity index (χ4n) is 4.07. The smallest absolute Gasteiger partial charge is 0.262 e. The zero-order valence-electron chi connectivity index (χ0n) is 18.9. The van der Waals surface area contributed by atoms with Crippen LogP contribution in [0.15, 0.2) is 89.3 Å². The van der Waals surface area contributed by atoms with Gasteiger partial charge in [0.2, 0.25) is 0 Å². The van der Waals surface area contributed by atoms with Gasteiger partial charge in [-0.15, -0.1) is 0 Å². The molecule has 3 aromatic carbocycles. The van der Waals surface area contributed by atoms with Gasteiger partial charge in [-0.25, -0.2) is 4.39 Å². The van der Waals surface area contributed by atoms with E-state index in [1.807, 2.05) is 42.5 Å². The Hall–Kier alpha value is -4.39. The first kappa shape index (κ1) is 22.4. The largest absolute Gasteiger partial charge is 0.484 e. The maximum atomic E-state index is 13.5. The Labute approximate surface area is 201 Å². The average molecular weight is 471 g/mol. The first-order valence-corrected chi connectivity index (χ1v) is 11.3. The molecule has 1 aromatic heterocycles. The van der Waals surface area contributed by atoms with Crippen molar-refractivity contribution in [3.63, 3.8) is 0 Å². The van der Waals surface area contributed by atoms with Gasteiger partial charge >= 0.3 is 0 Å². The molecule has 2 amide bonds. The van der Waals surface area contributed by atoms with Crippen molar-refractivity contribution >= 4 is 17.5 Å². The Morgan fingerprint density at radius 3 is 2.63 bits per heavy atom. The molecule has 0 unspecified atom stereocenters. The molecule has 0 saturated carbocycles. The van der Waals surface area contributed by atoms with Gasteiger partial charge < -0.3 is 19.4 Å². The highest BCUT2D eigenvalue weighted by molar-refractivity contribution is 5.94. The van der Waals surface area contributed by atoms with Gasteiger partial charge in [0.25, 0.3) is 11.8 Å². The van der Waals surface area contributed by atoms with Crippen molar-refractivity contribution in [3.8, 4) is 17.1 Å². The molecule has 1 aliphatic rings. The van der Waals surface area contributed by atoms with E-state index in [0.29, 0.717) is 42.3 Å². The zero-order chi connectivity index (χ0) is 24.2. The summed E-state index contributed by atoms with van der Waals surface area (Å²) in [5.74, 6) is 1.21. The summed E-state index contributed by atoms with van der Waals surface area (Å²) in [6.07, 6.45) is 0.573. The first-order valence-electron chi connectivity index (χ1n) is 11.3. The zero-order valence-corrected chi connectivity index (χ0v) is 18.9. The van der Waals surface area contributed by atoms with Crippen molar-refractivity contribution in [1.29, 1.82) is 0 Å². The molecule has 35 heavy (non-hydrogen) atoms. The number of furan rings is 1. The molecule has 0 bridgehead atoms. The van der Waals surface area contributed by atoms with Gasteiger partial charge in [0.05, 0.1) is 0 Å². The Morgan fingerprint density at radius 1 is 0.971 bits per heavy atom. The monoisotopic (exact) mass is 470 g/mol. The molecule has 0 radical (unpaired) electrons. The quantitative estimate of drug-likeness (QED) is 0.415. The Kier molecular flexibility index (Phi) is 6.30. The van der Waals surface area contributed by atoms with Crippen LogP contribution in [0.2, 0.25) is 0 Å². The van der Waals surface area contributed by atoms with Crippen LogP contribution in [0.4, 0.5) is 10.1 Å². The van der Waals surface area contributed by atoms with Crippen LogP contribution >= 0.6 is 0 Å². The molecule has 7 heteroatoms. The van der Waals surface area contributed by atoms with Crippen molar-refractivity contribution in [3.05, 3.63) is 108 Å². The molecule has 1 aliphatic heterocycles. The minimum Gasteiger partial charge on any atom is -0.484 e. The highest BCUT2D eigenvalue weighted by Gasteiger charge is 2.25. The number of ether oxygens (including phenoxy) is 1. The lowest BCUT2D eigenvalue weighted by Gasteiger charge is -2.26. The van der Waals surface area contributed by atoms with Crippen molar-refractivity contribution in [2.45, 2.75) is 13.0 Å². The Bertz CT molecular complexity index is 1370. The molecule has 176 valence electrons. The predicted molar refractivity (Wildman–Crippen MR) is 130 cm³/mol. The van der Waals surface area contributed by atoms with Crippen LogP contribution in [0, 0.1) is 5.82 Å². The molecule has 6 nitrogen and oxygen atoms in total. The summed E-state index contributed by atoms with van der Waals surface area (Å²) in [4.78, 5) is 26.8. The Morgan fingerprint density at radius 2 is 1.80 bits per heavy atom. The van der Waals surface area contributed by atoms with Gasteiger partial charge in [0.15, 0.2) is 6.61 Å². The van der Waals surface area contributed by atoms with Gasteiger partial charge in [-0.2, -0.15) is 0 Å². The molecule has 2 heterocycles. The third-order valence-corrected chi connectivity index (χ3v) is 5.77. The van der Waals surface area contributed by atoms with E-state index >= 15 is 0 Å². The number of para-hydroxylation sites is 1. The van der Waals surface area contributed by atoms with Crippen LogP contribution in [0.5, 0.6) is 5.75 Å². The number of nitrogens with zero attached hydrogens (tertiary/aromatic N) is 1. The lowest BCUT2D eigenvalue weighted by molar-refractivity contribution is -0.118. The fraction of sp³-hybridized carbons (Fsp3) is 0.143. The lowest BCUT2D eigenvalue weighted by atomic mass is 10.1. The standard InChI is InChI=1S/C28H23FN2O4/c29-22-8-4-7-20(14-22)28(33)31-13-12-25-21(17-31)16-26(35-25)19-6-5-9-23(15-19)30-27(32)18-34-24-10-2-1-3-11-24/h1-11,14-16H,12-13,17-18H2,(H,30,32). The number of carbonyl (C=O) groups excluding carboxylic acids is 2. The van der Waals surface area contributed by atoms with E-state index in [1.165, 1.54) is 18.2 Å². The number of anilines is 1. The maximum Gasteiger partial charge on any atom is 0.262 e. The molecule has 5 rings (SSSR count). The Balaban J connectivity index is 1.25. The third kappa shape index (κ3) is 5.24. The summed E-state index contributed by atoms with van der Waals surface area (Å²) >= 11 is 0. The van der Waals surface area contributed by atoms with E-state index in [1.54, 1.807) is 29.2 Å². The van der Waals surface area contributed by atoms with Gasteiger partial charge in [-0.1, -0.05) is 36.4 Å². The molecular formula is C28H23FN2O4. The van der Waals surface area contributed by atoms with E-state index in [0.717, 1.165) is 16.9 Å². The van der Waals surface area contributed by atoms with Crippen molar-refractivity contribution in [2.75, 3.05) is 18.5 Å². The first-order chi connectivity index (χ1) is 17.0. The van der Waals surface area contributed by atoms with Crippen molar-refractivity contribution in [2.24, 2.45) is 0 Å². The van der Waals surface area contributed by atoms with Crippen LogP contribution < -0.4 is 10.1 Å². The summed E-state index contributed by atoms with van der Waals surface area (Å²) in [5.41, 5.74) is 2.68. The minimum atomic E-state index is -0.433. The fourth-order valence-corrected chi connectivity index (χ4v) is 4.07. The third-order valence-electron chi connectivity index (χ3n) is 5.77. The summed E-state index contributed by atoms with van der Waals surface area (Å²) < 4.78 is 25.1. The van der Waals surface area contributed by atoms with Gasteiger partial charge in [-0.05, 0) is 48.5 Å². The molecule has 4 aromatic rings. The topological polar surface area (TPSA) is 71.8 Å².